The molecule has 2 amide bonds. The molecule has 0 unspecified atom stereocenters. The minimum atomic E-state index is -1.24. The van der Waals surface area contributed by atoms with E-state index in [0.717, 1.165) is 41.5 Å². The molecule has 180 valence electrons. The second-order valence-electron chi connectivity index (χ2n) is 8.85. The first-order valence-electron chi connectivity index (χ1n) is 11.6. The first-order valence-corrected chi connectivity index (χ1v) is 11.6. The van der Waals surface area contributed by atoms with E-state index in [1.807, 2.05) is 36.4 Å². The van der Waals surface area contributed by atoms with Gasteiger partial charge in [-0.3, -0.25) is 4.79 Å². The van der Waals surface area contributed by atoms with Crippen molar-refractivity contribution in [3.8, 4) is 11.1 Å². The Hall–Kier alpha value is -4.14. The Balaban J connectivity index is 1.21. The van der Waals surface area contributed by atoms with Crippen molar-refractivity contribution >= 4 is 18.0 Å². The molecule has 0 radical (unpaired) electrons. The molecule has 1 atom stereocenters. The van der Waals surface area contributed by atoms with E-state index in [9.17, 15) is 14.4 Å². The third-order valence-corrected chi connectivity index (χ3v) is 6.48. The molecule has 0 aliphatic heterocycles. The average Bonchev–Trinajstić information content (AvgIpc) is 3.45. The third-order valence-electron chi connectivity index (χ3n) is 6.48. The number of carboxylic acids is 1. The maximum absolute atomic E-state index is 12.8. The summed E-state index contributed by atoms with van der Waals surface area (Å²) in [5, 5.41) is 14.5. The van der Waals surface area contributed by atoms with Crippen molar-refractivity contribution in [1.82, 2.24) is 15.6 Å². The van der Waals surface area contributed by atoms with Gasteiger partial charge in [0, 0.05) is 5.92 Å². The van der Waals surface area contributed by atoms with Gasteiger partial charge in [-0.2, -0.15) is 0 Å². The molecule has 5 rings (SSSR count). The van der Waals surface area contributed by atoms with Gasteiger partial charge in [-0.25, -0.2) is 14.6 Å². The van der Waals surface area contributed by atoms with E-state index in [0.29, 0.717) is 12.3 Å². The third kappa shape index (κ3) is 4.89. The van der Waals surface area contributed by atoms with Gasteiger partial charge in [-0.1, -0.05) is 61.4 Å². The fourth-order valence-electron chi connectivity index (χ4n) is 4.56. The zero-order valence-electron chi connectivity index (χ0n) is 18.9. The zero-order chi connectivity index (χ0) is 24.4. The van der Waals surface area contributed by atoms with Crippen molar-refractivity contribution in [1.29, 1.82) is 0 Å². The number of aromatic nitrogens is 1. The van der Waals surface area contributed by atoms with E-state index in [-0.39, 0.29) is 30.5 Å². The molecule has 3 aromatic rings. The van der Waals surface area contributed by atoms with Gasteiger partial charge in [-0.15, -0.1) is 0 Å². The second-order valence-corrected chi connectivity index (χ2v) is 8.85. The molecule has 0 spiro atoms. The summed E-state index contributed by atoms with van der Waals surface area (Å²) in [5.74, 6) is -1.35. The van der Waals surface area contributed by atoms with E-state index in [1.165, 1.54) is 0 Å². The molecule has 2 aliphatic carbocycles. The number of hydrogen-bond donors (Lipinski definition) is 3. The summed E-state index contributed by atoms with van der Waals surface area (Å²) in [5.41, 5.74) is 4.23. The SMILES string of the molecule is O=C(N[C@@H](CC1CC1)C(=O)NCc1ocnc1C(=O)O)OCC1c2ccccc2-c2ccccc21. The van der Waals surface area contributed by atoms with Crippen LogP contribution in [0.4, 0.5) is 4.79 Å². The molecule has 1 fully saturated rings. The number of rotatable bonds is 9. The van der Waals surface area contributed by atoms with Crippen LogP contribution in [0.1, 0.15) is 52.6 Å². The molecule has 1 saturated carbocycles. The fourth-order valence-corrected chi connectivity index (χ4v) is 4.56. The van der Waals surface area contributed by atoms with Crippen molar-refractivity contribution < 1.29 is 28.6 Å². The number of nitrogens with zero attached hydrogens (tertiary/aromatic N) is 1. The number of hydrogen-bond acceptors (Lipinski definition) is 6. The molecule has 2 aromatic carbocycles. The molecule has 1 heterocycles. The van der Waals surface area contributed by atoms with Crippen molar-refractivity contribution in [3.05, 3.63) is 77.5 Å². The van der Waals surface area contributed by atoms with Crippen LogP contribution in [-0.4, -0.2) is 40.7 Å². The van der Waals surface area contributed by atoms with Crippen LogP contribution in [0.3, 0.4) is 0 Å². The second kappa shape index (κ2) is 9.61. The van der Waals surface area contributed by atoms with Crippen LogP contribution < -0.4 is 10.6 Å². The number of ether oxygens (including phenoxy) is 1. The summed E-state index contributed by atoms with van der Waals surface area (Å²) in [6, 6.07) is 15.3. The van der Waals surface area contributed by atoms with E-state index < -0.39 is 24.0 Å². The average molecular weight is 476 g/mol. The molecule has 9 heteroatoms. The lowest BCUT2D eigenvalue weighted by Gasteiger charge is -2.19. The smallest absolute Gasteiger partial charge is 0.407 e. The summed E-state index contributed by atoms with van der Waals surface area (Å²) in [6.07, 6.45) is 2.83. The number of fused-ring (bicyclic) bond motifs is 3. The van der Waals surface area contributed by atoms with Crippen LogP contribution >= 0.6 is 0 Å². The molecule has 3 N–H and O–H groups in total. The lowest BCUT2D eigenvalue weighted by Crippen LogP contribution is -2.47. The Morgan fingerprint density at radius 3 is 2.34 bits per heavy atom. The van der Waals surface area contributed by atoms with E-state index >= 15 is 0 Å². The summed E-state index contributed by atoms with van der Waals surface area (Å²) in [4.78, 5) is 40.3. The number of carbonyl (C=O) groups is 3. The Bertz CT molecular complexity index is 1220. The van der Waals surface area contributed by atoms with Gasteiger partial charge in [0.25, 0.3) is 0 Å². The van der Waals surface area contributed by atoms with Crippen LogP contribution in [-0.2, 0) is 16.1 Å². The number of alkyl carbamates (subject to hydrolysis) is 1. The van der Waals surface area contributed by atoms with Crippen LogP contribution in [0.25, 0.3) is 11.1 Å². The Morgan fingerprint density at radius 2 is 1.71 bits per heavy atom. The maximum atomic E-state index is 12.8. The minimum absolute atomic E-state index is 0.0390. The molecule has 2 aliphatic rings. The molecular formula is C26H25N3O6. The molecule has 0 bridgehead atoms. The monoisotopic (exact) mass is 475 g/mol. The van der Waals surface area contributed by atoms with Crippen molar-refractivity contribution in [2.45, 2.75) is 37.8 Å². The summed E-state index contributed by atoms with van der Waals surface area (Å²) in [6.45, 7) is 0.00562. The van der Waals surface area contributed by atoms with Gasteiger partial charge in [-0.05, 0) is 34.6 Å². The largest absolute Gasteiger partial charge is 0.476 e. The predicted octanol–water partition coefficient (Wildman–Crippen LogP) is 3.70. The zero-order valence-corrected chi connectivity index (χ0v) is 18.9. The normalized spacial score (nSPS) is 15.1. The molecule has 1 aromatic heterocycles. The highest BCUT2D eigenvalue weighted by molar-refractivity contribution is 5.87. The maximum Gasteiger partial charge on any atom is 0.407 e. The number of carbonyl (C=O) groups excluding carboxylic acids is 2. The summed E-state index contributed by atoms with van der Waals surface area (Å²) < 4.78 is 10.7. The first-order chi connectivity index (χ1) is 17.0. The number of benzene rings is 2. The van der Waals surface area contributed by atoms with Crippen molar-refractivity contribution in [2.75, 3.05) is 6.61 Å². The van der Waals surface area contributed by atoms with Crippen LogP contribution in [0, 0.1) is 5.92 Å². The number of carboxylic acid groups (broad SMARTS) is 1. The van der Waals surface area contributed by atoms with Gasteiger partial charge >= 0.3 is 12.1 Å². The van der Waals surface area contributed by atoms with Crippen molar-refractivity contribution in [3.63, 3.8) is 0 Å². The Labute approximate surface area is 201 Å². The lowest BCUT2D eigenvalue weighted by molar-refractivity contribution is -0.123. The van der Waals surface area contributed by atoms with Crippen LogP contribution in [0.15, 0.2) is 59.3 Å². The highest BCUT2D eigenvalue weighted by Gasteiger charge is 2.32. The number of nitrogens with one attached hydrogen (secondary N) is 2. The quantitative estimate of drug-likeness (QED) is 0.430. The summed E-state index contributed by atoms with van der Waals surface area (Å²) in [7, 11) is 0. The van der Waals surface area contributed by atoms with Gasteiger partial charge in [0.2, 0.25) is 5.91 Å². The molecule has 9 nitrogen and oxygen atoms in total. The van der Waals surface area contributed by atoms with Gasteiger partial charge in [0.1, 0.15) is 12.6 Å². The predicted molar refractivity (Wildman–Crippen MR) is 125 cm³/mol. The molecular weight excluding hydrogens is 450 g/mol. The highest BCUT2D eigenvalue weighted by atomic mass is 16.5. The first kappa shape index (κ1) is 22.6. The minimum Gasteiger partial charge on any atom is -0.476 e. The summed E-state index contributed by atoms with van der Waals surface area (Å²) >= 11 is 0. The fraction of sp³-hybridized carbons (Fsp3) is 0.308. The van der Waals surface area contributed by atoms with Gasteiger partial charge in [0.15, 0.2) is 17.8 Å². The number of amides is 2. The van der Waals surface area contributed by atoms with Gasteiger partial charge in [0.05, 0.1) is 6.54 Å². The number of oxazole rings is 1. The number of aromatic carboxylic acids is 1. The lowest BCUT2D eigenvalue weighted by atomic mass is 9.98. The van der Waals surface area contributed by atoms with Crippen LogP contribution in [0.2, 0.25) is 0 Å². The van der Waals surface area contributed by atoms with Crippen molar-refractivity contribution in [2.24, 2.45) is 5.92 Å². The molecule has 35 heavy (non-hydrogen) atoms. The van der Waals surface area contributed by atoms with Crippen LogP contribution in [0.5, 0.6) is 0 Å². The molecule has 0 saturated heterocycles. The van der Waals surface area contributed by atoms with E-state index in [1.54, 1.807) is 0 Å². The Kier molecular flexibility index (Phi) is 6.22. The highest BCUT2D eigenvalue weighted by Crippen LogP contribution is 2.44. The topological polar surface area (TPSA) is 131 Å². The Morgan fingerprint density at radius 1 is 1.06 bits per heavy atom. The van der Waals surface area contributed by atoms with E-state index in [2.05, 4.69) is 27.8 Å². The van der Waals surface area contributed by atoms with E-state index in [4.69, 9.17) is 14.3 Å². The van der Waals surface area contributed by atoms with Gasteiger partial charge < -0.3 is 24.9 Å². The standard InChI is InChI=1S/C26H25N3O6/c30-24(27-12-22-23(25(31)32)28-14-35-22)21(11-15-9-10-15)29-26(33)34-13-20-18-7-3-1-5-16(18)17-6-2-4-8-19(17)20/h1-8,14-15,20-21H,9-13H2,(H,27,30)(H,29,33)(H,31,32)/t21-/m0/s1.